The summed E-state index contributed by atoms with van der Waals surface area (Å²) in [5, 5.41) is 3.39. The van der Waals surface area contributed by atoms with Crippen LogP contribution in [0.4, 0.5) is 5.69 Å². The predicted octanol–water partition coefficient (Wildman–Crippen LogP) is 2.56. The number of H-pyrrole nitrogens is 1. The highest BCUT2D eigenvalue weighted by molar-refractivity contribution is 5.79. The van der Waals surface area contributed by atoms with E-state index >= 15 is 0 Å². The number of hydrogen-bond acceptors (Lipinski definition) is 3. The molecule has 108 valence electrons. The van der Waals surface area contributed by atoms with E-state index < -0.39 is 0 Å². The fourth-order valence-electron chi connectivity index (χ4n) is 2.76. The molecule has 1 aliphatic rings. The molecular formula is C16H24N4. The number of anilines is 1. The Kier molecular flexibility index (Phi) is 3.42. The van der Waals surface area contributed by atoms with E-state index in [1.165, 1.54) is 5.69 Å². The number of imidazole rings is 1. The minimum absolute atomic E-state index is 0.259. The maximum absolute atomic E-state index is 4.70. The molecule has 4 heteroatoms. The van der Waals surface area contributed by atoms with Crippen LogP contribution in [-0.4, -0.2) is 36.1 Å². The lowest BCUT2D eigenvalue weighted by Gasteiger charge is -2.29. The van der Waals surface area contributed by atoms with E-state index in [1.807, 2.05) is 0 Å². The quantitative estimate of drug-likeness (QED) is 0.883. The maximum Gasteiger partial charge on any atom is 0.107 e. The average molecular weight is 272 g/mol. The molecule has 0 unspecified atom stereocenters. The number of rotatable bonds is 2. The molecule has 1 fully saturated rings. The van der Waals surface area contributed by atoms with Crippen LogP contribution in [0.1, 0.15) is 26.6 Å². The van der Waals surface area contributed by atoms with Gasteiger partial charge in [0.1, 0.15) is 5.82 Å². The highest BCUT2D eigenvalue weighted by atomic mass is 15.2. The molecule has 0 spiro atoms. The zero-order valence-corrected chi connectivity index (χ0v) is 12.7. The van der Waals surface area contributed by atoms with E-state index in [9.17, 15) is 0 Å². The first-order valence-electron chi connectivity index (χ1n) is 7.46. The monoisotopic (exact) mass is 272 g/mol. The van der Waals surface area contributed by atoms with Gasteiger partial charge in [0.15, 0.2) is 0 Å². The van der Waals surface area contributed by atoms with Crippen molar-refractivity contribution in [3.63, 3.8) is 0 Å². The molecule has 0 bridgehead atoms. The Balaban J connectivity index is 1.87. The Morgan fingerprint density at radius 1 is 1.20 bits per heavy atom. The van der Waals surface area contributed by atoms with Gasteiger partial charge in [-0.05, 0) is 23.6 Å². The van der Waals surface area contributed by atoms with E-state index in [1.54, 1.807) is 0 Å². The molecule has 1 aromatic heterocycles. The molecule has 0 amide bonds. The number of hydrogen-bond donors (Lipinski definition) is 2. The van der Waals surface area contributed by atoms with E-state index in [2.05, 4.69) is 54.2 Å². The van der Waals surface area contributed by atoms with Crippen molar-refractivity contribution < 1.29 is 0 Å². The second-order valence-electron chi connectivity index (χ2n) is 6.86. The summed E-state index contributed by atoms with van der Waals surface area (Å²) in [5.41, 5.74) is 3.78. The minimum atomic E-state index is 0.259. The summed E-state index contributed by atoms with van der Waals surface area (Å²) >= 11 is 0. The van der Waals surface area contributed by atoms with Crippen LogP contribution in [0.25, 0.3) is 11.0 Å². The molecule has 3 rings (SSSR count). The molecule has 1 aliphatic heterocycles. The van der Waals surface area contributed by atoms with Crippen molar-refractivity contribution in [1.29, 1.82) is 0 Å². The smallest absolute Gasteiger partial charge is 0.107 e. The van der Waals surface area contributed by atoms with Crippen molar-refractivity contribution in [2.45, 2.75) is 27.2 Å². The normalized spacial score (nSPS) is 16.9. The molecule has 1 aromatic carbocycles. The molecule has 0 aliphatic carbocycles. The first-order valence-corrected chi connectivity index (χ1v) is 7.46. The number of piperazine rings is 1. The molecule has 1 saturated heterocycles. The Bertz CT molecular complexity index is 588. The predicted molar refractivity (Wildman–Crippen MR) is 84.3 cm³/mol. The van der Waals surface area contributed by atoms with Gasteiger partial charge >= 0.3 is 0 Å². The molecule has 4 nitrogen and oxygen atoms in total. The van der Waals surface area contributed by atoms with Gasteiger partial charge < -0.3 is 15.2 Å². The SMILES string of the molecule is CC(C)(C)Cc1nc2ccc(N3CCNCC3)cc2[nH]1. The molecular weight excluding hydrogens is 248 g/mol. The highest BCUT2D eigenvalue weighted by Gasteiger charge is 2.15. The summed E-state index contributed by atoms with van der Waals surface area (Å²) in [6.07, 6.45) is 0.977. The number of aromatic nitrogens is 2. The molecule has 0 saturated carbocycles. The van der Waals surface area contributed by atoms with E-state index in [0.29, 0.717) is 0 Å². The molecule has 0 atom stereocenters. The number of fused-ring (bicyclic) bond motifs is 1. The third-order valence-corrected chi connectivity index (χ3v) is 3.69. The van der Waals surface area contributed by atoms with Crippen molar-refractivity contribution in [1.82, 2.24) is 15.3 Å². The lowest BCUT2D eigenvalue weighted by atomic mass is 9.92. The van der Waals surface area contributed by atoms with Gasteiger partial charge in [0, 0.05) is 38.3 Å². The van der Waals surface area contributed by atoms with Crippen LogP contribution < -0.4 is 10.2 Å². The maximum atomic E-state index is 4.70. The zero-order valence-electron chi connectivity index (χ0n) is 12.7. The van der Waals surface area contributed by atoms with Gasteiger partial charge in [-0.2, -0.15) is 0 Å². The zero-order chi connectivity index (χ0) is 14.2. The van der Waals surface area contributed by atoms with Crippen molar-refractivity contribution >= 4 is 16.7 Å². The van der Waals surface area contributed by atoms with Crippen LogP contribution >= 0.6 is 0 Å². The summed E-state index contributed by atoms with van der Waals surface area (Å²) in [7, 11) is 0. The van der Waals surface area contributed by atoms with Gasteiger partial charge in [-0.25, -0.2) is 4.98 Å². The lowest BCUT2D eigenvalue weighted by Crippen LogP contribution is -2.43. The van der Waals surface area contributed by atoms with Crippen molar-refractivity contribution in [2.75, 3.05) is 31.1 Å². The molecule has 2 N–H and O–H groups in total. The minimum Gasteiger partial charge on any atom is -0.369 e. The van der Waals surface area contributed by atoms with Crippen LogP contribution in [0.5, 0.6) is 0 Å². The van der Waals surface area contributed by atoms with E-state index in [4.69, 9.17) is 4.98 Å². The number of nitrogens with zero attached hydrogens (tertiary/aromatic N) is 2. The van der Waals surface area contributed by atoms with Crippen LogP contribution in [-0.2, 0) is 6.42 Å². The van der Waals surface area contributed by atoms with Crippen molar-refractivity contribution in [2.24, 2.45) is 5.41 Å². The Labute approximate surface area is 120 Å². The molecule has 2 heterocycles. The second kappa shape index (κ2) is 5.09. The largest absolute Gasteiger partial charge is 0.369 e. The van der Waals surface area contributed by atoms with Crippen molar-refractivity contribution in [3.8, 4) is 0 Å². The number of aromatic amines is 1. The standard InChI is InChI=1S/C16H24N4/c1-16(2,3)11-15-18-13-5-4-12(10-14(13)19-15)20-8-6-17-7-9-20/h4-5,10,17H,6-9,11H2,1-3H3,(H,18,19). The summed E-state index contributed by atoms with van der Waals surface area (Å²) in [4.78, 5) is 10.6. The van der Waals surface area contributed by atoms with E-state index in [-0.39, 0.29) is 5.41 Å². The first-order chi connectivity index (χ1) is 9.51. The summed E-state index contributed by atoms with van der Waals surface area (Å²) < 4.78 is 0. The fraction of sp³-hybridized carbons (Fsp3) is 0.562. The van der Waals surface area contributed by atoms with Crippen LogP contribution in [0.15, 0.2) is 18.2 Å². The van der Waals surface area contributed by atoms with Gasteiger partial charge in [-0.3, -0.25) is 0 Å². The van der Waals surface area contributed by atoms with Gasteiger partial charge in [0.05, 0.1) is 11.0 Å². The van der Waals surface area contributed by atoms with Crippen LogP contribution in [0, 0.1) is 5.41 Å². The van der Waals surface area contributed by atoms with Gasteiger partial charge in [0.2, 0.25) is 0 Å². The van der Waals surface area contributed by atoms with E-state index in [0.717, 1.165) is 49.5 Å². The summed E-state index contributed by atoms with van der Waals surface area (Å²) in [5.74, 6) is 1.09. The Morgan fingerprint density at radius 2 is 1.95 bits per heavy atom. The Hall–Kier alpha value is -1.55. The lowest BCUT2D eigenvalue weighted by molar-refractivity contribution is 0.402. The summed E-state index contributed by atoms with van der Waals surface area (Å²) in [6.45, 7) is 11.0. The molecule has 2 aromatic rings. The summed E-state index contributed by atoms with van der Waals surface area (Å²) in [6, 6.07) is 6.56. The average Bonchev–Trinajstić information content (AvgIpc) is 2.78. The van der Waals surface area contributed by atoms with Gasteiger partial charge in [-0.15, -0.1) is 0 Å². The van der Waals surface area contributed by atoms with Gasteiger partial charge in [0.25, 0.3) is 0 Å². The third kappa shape index (κ3) is 2.96. The van der Waals surface area contributed by atoms with Crippen LogP contribution in [0.2, 0.25) is 0 Å². The molecule has 20 heavy (non-hydrogen) atoms. The van der Waals surface area contributed by atoms with Gasteiger partial charge in [-0.1, -0.05) is 20.8 Å². The topological polar surface area (TPSA) is 44.0 Å². The third-order valence-electron chi connectivity index (χ3n) is 3.69. The number of nitrogens with one attached hydrogen (secondary N) is 2. The second-order valence-corrected chi connectivity index (χ2v) is 6.86. The number of benzene rings is 1. The Morgan fingerprint density at radius 3 is 2.65 bits per heavy atom. The first kappa shape index (κ1) is 13.4. The fourth-order valence-corrected chi connectivity index (χ4v) is 2.76. The molecule has 0 radical (unpaired) electrons. The highest BCUT2D eigenvalue weighted by Crippen LogP contribution is 2.24. The van der Waals surface area contributed by atoms with Crippen LogP contribution in [0.3, 0.4) is 0 Å². The van der Waals surface area contributed by atoms with Crippen molar-refractivity contribution in [3.05, 3.63) is 24.0 Å².